The van der Waals surface area contributed by atoms with Crippen molar-refractivity contribution < 1.29 is 14.3 Å². The zero-order valence-corrected chi connectivity index (χ0v) is 18.4. The predicted molar refractivity (Wildman–Crippen MR) is 122 cm³/mol. The highest BCUT2D eigenvalue weighted by Gasteiger charge is 2.20. The summed E-state index contributed by atoms with van der Waals surface area (Å²) in [4.78, 5) is 33.4. The molecule has 2 heterocycles. The molecule has 162 valence electrons. The lowest BCUT2D eigenvalue weighted by atomic mass is 10.2. The minimum atomic E-state index is -0.357. The molecule has 3 aromatic rings. The highest BCUT2D eigenvalue weighted by Crippen LogP contribution is 2.23. The molecule has 0 atom stereocenters. The normalized spacial score (nSPS) is 15.1. The van der Waals surface area contributed by atoms with Crippen LogP contribution in [-0.2, 0) is 16.1 Å². The average molecular weight is 439 g/mol. The van der Waals surface area contributed by atoms with Gasteiger partial charge in [0.05, 0.1) is 35.5 Å². The van der Waals surface area contributed by atoms with Gasteiger partial charge in [-0.3, -0.25) is 14.6 Å². The van der Waals surface area contributed by atoms with Crippen molar-refractivity contribution in [2.24, 2.45) is 0 Å². The summed E-state index contributed by atoms with van der Waals surface area (Å²) in [5, 5.41) is 4.04. The zero-order chi connectivity index (χ0) is 21.6. The Kier molecular flexibility index (Phi) is 6.91. The van der Waals surface area contributed by atoms with E-state index in [-0.39, 0.29) is 11.9 Å². The van der Waals surface area contributed by atoms with E-state index in [1.165, 1.54) is 4.70 Å². The van der Waals surface area contributed by atoms with E-state index in [1.54, 1.807) is 42.5 Å². The molecule has 0 radical (unpaired) electrons. The molecular formula is C23H26N4O3S. The Morgan fingerprint density at radius 1 is 1.03 bits per heavy atom. The number of hydrogen-bond donors (Lipinski definition) is 1. The van der Waals surface area contributed by atoms with Gasteiger partial charge in [-0.15, -0.1) is 11.3 Å². The van der Waals surface area contributed by atoms with Crippen LogP contribution in [-0.4, -0.2) is 66.0 Å². The number of anilines is 1. The molecule has 1 amide bonds. The second kappa shape index (κ2) is 10.00. The molecule has 7 nitrogen and oxygen atoms in total. The second-order valence-corrected chi connectivity index (χ2v) is 8.59. The Balaban J connectivity index is 1.22. The van der Waals surface area contributed by atoms with E-state index in [4.69, 9.17) is 9.72 Å². The molecule has 1 N–H and O–H groups in total. The number of nitrogens with zero attached hydrogens (tertiary/aromatic N) is 3. The van der Waals surface area contributed by atoms with Crippen LogP contribution in [0.15, 0.2) is 48.5 Å². The van der Waals surface area contributed by atoms with Crippen LogP contribution in [0.25, 0.3) is 10.2 Å². The van der Waals surface area contributed by atoms with Crippen LogP contribution >= 0.6 is 11.3 Å². The molecule has 0 unspecified atom stereocenters. The number of thiazole rings is 1. The summed E-state index contributed by atoms with van der Waals surface area (Å²) < 4.78 is 6.20. The molecular weight excluding hydrogens is 412 g/mol. The van der Waals surface area contributed by atoms with E-state index in [9.17, 15) is 9.59 Å². The lowest BCUT2D eigenvalue weighted by molar-refractivity contribution is -0.117. The summed E-state index contributed by atoms with van der Waals surface area (Å²) in [6.07, 6.45) is 0. The number of esters is 1. The summed E-state index contributed by atoms with van der Waals surface area (Å²) in [6.45, 7) is 6.84. The smallest absolute Gasteiger partial charge is 0.338 e. The molecule has 31 heavy (non-hydrogen) atoms. The largest absolute Gasteiger partial charge is 0.462 e. The van der Waals surface area contributed by atoms with Crippen molar-refractivity contribution in [2.45, 2.75) is 13.5 Å². The van der Waals surface area contributed by atoms with Crippen LogP contribution in [0.4, 0.5) is 5.69 Å². The summed E-state index contributed by atoms with van der Waals surface area (Å²) in [5.74, 6) is -0.410. The summed E-state index contributed by atoms with van der Waals surface area (Å²) in [7, 11) is 0. The Morgan fingerprint density at radius 3 is 2.45 bits per heavy atom. The minimum absolute atomic E-state index is 0.0523. The lowest BCUT2D eigenvalue weighted by Crippen LogP contribution is -2.48. The number of fused-ring (bicyclic) bond motifs is 1. The fourth-order valence-corrected chi connectivity index (χ4v) is 4.60. The molecule has 1 aromatic heterocycles. The quantitative estimate of drug-likeness (QED) is 0.571. The van der Waals surface area contributed by atoms with Crippen molar-refractivity contribution in [3.05, 3.63) is 59.1 Å². The number of nitrogens with one attached hydrogen (secondary N) is 1. The molecule has 4 rings (SSSR count). The monoisotopic (exact) mass is 438 g/mol. The number of hydrogen-bond acceptors (Lipinski definition) is 7. The number of aromatic nitrogens is 1. The molecule has 2 aromatic carbocycles. The van der Waals surface area contributed by atoms with Crippen molar-refractivity contribution in [2.75, 3.05) is 44.6 Å². The molecule has 0 aliphatic carbocycles. The number of carbonyl (C=O) groups excluding carboxylic acids is 2. The molecule has 0 saturated carbocycles. The van der Waals surface area contributed by atoms with Gasteiger partial charge in [-0.25, -0.2) is 9.78 Å². The van der Waals surface area contributed by atoms with E-state index >= 15 is 0 Å². The second-order valence-electron chi connectivity index (χ2n) is 7.47. The van der Waals surface area contributed by atoms with Gasteiger partial charge in [0.25, 0.3) is 0 Å². The first-order valence-corrected chi connectivity index (χ1v) is 11.3. The zero-order valence-electron chi connectivity index (χ0n) is 17.5. The van der Waals surface area contributed by atoms with Gasteiger partial charge >= 0.3 is 5.97 Å². The fourth-order valence-electron chi connectivity index (χ4n) is 3.59. The fraction of sp³-hybridized carbons (Fsp3) is 0.348. The number of piperazine rings is 1. The van der Waals surface area contributed by atoms with Crippen molar-refractivity contribution in [3.8, 4) is 0 Å². The third kappa shape index (κ3) is 5.66. The van der Waals surface area contributed by atoms with E-state index in [0.29, 0.717) is 24.4 Å². The van der Waals surface area contributed by atoms with Gasteiger partial charge in [-0.05, 0) is 43.3 Å². The highest BCUT2D eigenvalue weighted by molar-refractivity contribution is 7.18. The topological polar surface area (TPSA) is 74.8 Å². The molecule has 1 aliphatic heterocycles. The van der Waals surface area contributed by atoms with Crippen molar-refractivity contribution in [1.29, 1.82) is 0 Å². The van der Waals surface area contributed by atoms with Crippen LogP contribution in [0.1, 0.15) is 22.3 Å². The van der Waals surface area contributed by atoms with Gasteiger partial charge in [-0.2, -0.15) is 0 Å². The average Bonchev–Trinajstić information content (AvgIpc) is 3.18. The van der Waals surface area contributed by atoms with E-state index in [0.717, 1.165) is 43.2 Å². The third-order valence-electron chi connectivity index (χ3n) is 5.21. The minimum Gasteiger partial charge on any atom is -0.462 e. The Labute approximate surface area is 185 Å². The lowest BCUT2D eigenvalue weighted by Gasteiger charge is -2.33. The summed E-state index contributed by atoms with van der Waals surface area (Å²) in [6, 6.07) is 15.0. The van der Waals surface area contributed by atoms with E-state index in [1.807, 2.05) is 12.1 Å². The Bertz CT molecular complexity index is 1010. The molecule has 1 aliphatic rings. The van der Waals surface area contributed by atoms with Crippen LogP contribution < -0.4 is 5.32 Å². The van der Waals surface area contributed by atoms with Gasteiger partial charge in [0.2, 0.25) is 5.91 Å². The number of benzene rings is 2. The third-order valence-corrected chi connectivity index (χ3v) is 6.23. The van der Waals surface area contributed by atoms with Gasteiger partial charge in [-0.1, -0.05) is 12.1 Å². The number of ether oxygens (including phenoxy) is 1. The van der Waals surface area contributed by atoms with Crippen LogP contribution in [0, 0.1) is 0 Å². The molecule has 0 bridgehead atoms. The SMILES string of the molecule is CCOC(=O)c1ccc(NC(=O)CN2CCN(Cc3nc4ccccc4s3)CC2)cc1. The van der Waals surface area contributed by atoms with Crippen LogP contribution in [0.5, 0.6) is 0 Å². The van der Waals surface area contributed by atoms with Crippen molar-refractivity contribution in [3.63, 3.8) is 0 Å². The summed E-state index contributed by atoms with van der Waals surface area (Å²) in [5.41, 5.74) is 2.21. The van der Waals surface area contributed by atoms with Gasteiger partial charge in [0, 0.05) is 31.9 Å². The van der Waals surface area contributed by atoms with E-state index in [2.05, 4.69) is 27.2 Å². The summed E-state index contributed by atoms with van der Waals surface area (Å²) >= 11 is 1.75. The highest BCUT2D eigenvalue weighted by atomic mass is 32.1. The number of rotatable bonds is 7. The molecule has 0 spiro atoms. The number of amides is 1. The maximum atomic E-state index is 12.4. The van der Waals surface area contributed by atoms with Gasteiger partial charge in [0.15, 0.2) is 0 Å². The molecule has 1 saturated heterocycles. The van der Waals surface area contributed by atoms with Crippen LogP contribution in [0.2, 0.25) is 0 Å². The maximum absolute atomic E-state index is 12.4. The van der Waals surface area contributed by atoms with E-state index < -0.39 is 0 Å². The predicted octanol–water partition coefficient (Wildman–Crippen LogP) is 3.23. The Hall–Kier alpha value is -2.81. The number of para-hydroxylation sites is 1. The first-order valence-electron chi connectivity index (χ1n) is 10.5. The standard InChI is InChI=1S/C23H26N4O3S/c1-2-30-23(29)17-7-9-18(10-8-17)24-21(28)15-26-11-13-27(14-12-26)16-22-25-19-5-3-4-6-20(19)31-22/h3-10H,2,11-16H2,1H3,(H,24,28). The number of carbonyl (C=O) groups is 2. The van der Waals surface area contributed by atoms with Crippen molar-refractivity contribution in [1.82, 2.24) is 14.8 Å². The molecule has 1 fully saturated rings. The first kappa shape index (κ1) is 21.4. The maximum Gasteiger partial charge on any atom is 0.338 e. The van der Waals surface area contributed by atoms with Crippen LogP contribution in [0.3, 0.4) is 0 Å². The Morgan fingerprint density at radius 2 is 1.74 bits per heavy atom. The van der Waals surface area contributed by atoms with Gasteiger partial charge < -0.3 is 10.1 Å². The first-order chi connectivity index (χ1) is 15.1. The van der Waals surface area contributed by atoms with Gasteiger partial charge in [0.1, 0.15) is 5.01 Å². The molecule has 8 heteroatoms. The van der Waals surface area contributed by atoms with Crippen molar-refractivity contribution >= 4 is 39.1 Å².